The predicted molar refractivity (Wildman–Crippen MR) is 86.3 cm³/mol. The second kappa shape index (κ2) is 7.00. The van der Waals surface area contributed by atoms with Gasteiger partial charge >= 0.3 is 6.30 Å². The van der Waals surface area contributed by atoms with Crippen molar-refractivity contribution in [2.75, 3.05) is 11.4 Å². The van der Waals surface area contributed by atoms with E-state index < -0.39 is 6.30 Å². The summed E-state index contributed by atoms with van der Waals surface area (Å²) in [6.07, 6.45) is -1.46. The summed E-state index contributed by atoms with van der Waals surface area (Å²) in [7, 11) is 0. The van der Waals surface area contributed by atoms with Crippen LogP contribution >= 0.6 is 0 Å². The van der Waals surface area contributed by atoms with Gasteiger partial charge in [0.15, 0.2) is 0 Å². The van der Waals surface area contributed by atoms with Crippen molar-refractivity contribution in [3.63, 3.8) is 0 Å². The highest BCUT2D eigenvalue weighted by atomic mass is 19.4. The van der Waals surface area contributed by atoms with Gasteiger partial charge in [-0.15, -0.1) is 0 Å². The standard InChI is InChI=1S/C17H16F3N3/c18-17(19,20)23(15-9-2-1-3-10-15)11-5-7-13-6-4-8-14(12-13)16(21)22/h1-10,12H,11H2,(H3,21,22)/b7-5+. The zero-order valence-electron chi connectivity index (χ0n) is 12.2. The van der Waals surface area contributed by atoms with Gasteiger partial charge in [0.1, 0.15) is 5.84 Å². The molecule has 0 heterocycles. The molecule has 0 unspecified atom stereocenters. The van der Waals surface area contributed by atoms with Crippen molar-refractivity contribution in [1.82, 2.24) is 0 Å². The Labute approximate surface area is 132 Å². The topological polar surface area (TPSA) is 53.1 Å². The Balaban J connectivity index is 2.16. The van der Waals surface area contributed by atoms with Gasteiger partial charge in [0.2, 0.25) is 0 Å². The monoisotopic (exact) mass is 319 g/mol. The third-order valence-electron chi connectivity index (χ3n) is 3.17. The van der Waals surface area contributed by atoms with E-state index in [1.165, 1.54) is 18.2 Å². The van der Waals surface area contributed by atoms with Gasteiger partial charge in [0.05, 0.1) is 0 Å². The van der Waals surface area contributed by atoms with E-state index in [0.717, 1.165) is 0 Å². The van der Waals surface area contributed by atoms with Crippen LogP contribution in [0.4, 0.5) is 18.9 Å². The Morgan fingerprint density at radius 3 is 2.39 bits per heavy atom. The quantitative estimate of drug-likeness (QED) is 0.497. The number of nitrogen functional groups attached to an aromatic ring is 1. The maximum atomic E-state index is 13.1. The van der Waals surface area contributed by atoms with Crippen LogP contribution in [0, 0.1) is 5.41 Å². The molecule has 0 radical (unpaired) electrons. The second-order valence-electron chi connectivity index (χ2n) is 4.86. The van der Waals surface area contributed by atoms with Gasteiger partial charge in [-0.1, -0.05) is 48.6 Å². The van der Waals surface area contributed by atoms with Crippen LogP contribution in [0.15, 0.2) is 60.7 Å². The van der Waals surface area contributed by atoms with Crippen molar-refractivity contribution in [2.24, 2.45) is 5.73 Å². The molecule has 3 N–H and O–H groups in total. The number of anilines is 1. The van der Waals surface area contributed by atoms with E-state index in [1.807, 2.05) is 0 Å². The first-order valence-electron chi connectivity index (χ1n) is 6.88. The van der Waals surface area contributed by atoms with E-state index in [2.05, 4.69) is 0 Å². The molecule has 0 aliphatic heterocycles. The number of alkyl halides is 3. The van der Waals surface area contributed by atoms with Crippen molar-refractivity contribution in [2.45, 2.75) is 6.30 Å². The van der Waals surface area contributed by atoms with Gasteiger partial charge in [-0.3, -0.25) is 10.3 Å². The highest BCUT2D eigenvalue weighted by molar-refractivity contribution is 5.95. The summed E-state index contributed by atoms with van der Waals surface area (Å²) in [6.45, 7) is -0.308. The third kappa shape index (κ3) is 4.60. The maximum Gasteiger partial charge on any atom is 0.485 e. The molecule has 0 saturated carbocycles. The molecule has 2 aromatic carbocycles. The Morgan fingerprint density at radius 2 is 1.78 bits per heavy atom. The van der Waals surface area contributed by atoms with Gasteiger partial charge in [0, 0.05) is 17.8 Å². The first-order valence-corrected chi connectivity index (χ1v) is 6.88. The van der Waals surface area contributed by atoms with E-state index in [0.29, 0.717) is 16.0 Å². The Hall–Kier alpha value is -2.76. The lowest BCUT2D eigenvalue weighted by molar-refractivity contribution is -0.127. The summed E-state index contributed by atoms with van der Waals surface area (Å²) in [5.41, 5.74) is 6.70. The fourth-order valence-corrected chi connectivity index (χ4v) is 2.07. The molecule has 0 spiro atoms. The fraction of sp³-hybridized carbons (Fsp3) is 0.118. The smallest absolute Gasteiger partial charge is 0.384 e. The lowest BCUT2D eigenvalue weighted by Gasteiger charge is -2.25. The highest BCUT2D eigenvalue weighted by Gasteiger charge is 2.36. The van der Waals surface area contributed by atoms with Gasteiger partial charge in [-0.2, -0.15) is 13.2 Å². The molecule has 0 amide bonds. The zero-order valence-corrected chi connectivity index (χ0v) is 12.2. The minimum atomic E-state index is -4.47. The Bertz CT molecular complexity index is 694. The number of para-hydroxylation sites is 1. The minimum Gasteiger partial charge on any atom is -0.384 e. The third-order valence-corrected chi connectivity index (χ3v) is 3.17. The predicted octanol–water partition coefficient (Wildman–Crippen LogP) is 4.01. The van der Waals surface area contributed by atoms with E-state index in [9.17, 15) is 13.2 Å². The molecular weight excluding hydrogens is 303 g/mol. The minimum absolute atomic E-state index is 0.0820. The van der Waals surface area contributed by atoms with E-state index in [1.54, 1.807) is 48.5 Å². The molecule has 0 saturated heterocycles. The second-order valence-corrected chi connectivity index (χ2v) is 4.86. The van der Waals surface area contributed by atoms with Crippen LogP contribution in [-0.4, -0.2) is 18.7 Å². The van der Waals surface area contributed by atoms with Crippen molar-refractivity contribution in [3.05, 3.63) is 71.8 Å². The molecule has 6 heteroatoms. The number of benzene rings is 2. The molecule has 120 valence electrons. The van der Waals surface area contributed by atoms with Crippen LogP contribution < -0.4 is 10.6 Å². The van der Waals surface area contributed by atoms with Crippen LogP contribution in [0.3, 0.4) is 0 Å². The van der Waals surface area contributed by atoms with E-state index in [-0.39, 0.29) is 18.1 Å². The average Bonchev–Trinajstić information content (AvgIpc) is 2.51. The van der Waals surface area contributed by atoms with Crippen LogP contribution in [0.25, 0.3) is 6.08 Å². The summed E-state index contributed by atoms with van der Waals surface area (Å²) in [5, 5.41) is 7.37. The van der Waals surface area contributed by atoms with Gasteiger partial charge in [0.25, 0.3) is 0 Å². The molecule has 3 nitrogen and oxygen atoms in total. The molecule has 0 bridgehead atoms. The van der Waals surface area contributed by atoms with Crippen LogP contribution in [0.2, 0.25) is 0 Å². The normalized spacial score (nSPS) is 11.6. The summed E-state index contributed by atoms with van der Waals surface area (Å²) in [5.74, 6) is -0.0820. The molecule has 0 fully saturated rings. The number of rotatable bonds is 5. The maximum absolute atomic E-state index is 13.1. The van der Waals surface area contributed by atoms with Gasteiger partial charge < -0.3 is 5.73 Å². The summed E-state index contributed by atoms with van der Waals surface area (Å²) in [4.78, 5) is 0.359. The zero-order chi connectivity index (χ0) is 16.9. The van der Waals surface area contributed by atoms with Crippen LogP contribution in [0.5, 0.6) is 0 Å². The van der Waals surface area contributed by atoms with Gasteiger partial charge in [-0.05, 0) is 23.8 Å². The molecule has 2 rings (SSSR count). The van der Waals surface area contributed by atoms with Crippen molar-refractivity contribution in [3.8, 4) is 0 Å². The number of hydrogen-bond donors (Lipinski definition) is 2. The fourth-order valence-electron chi connectivity index (χ4n) is 2.07. The SMILES string of the molecule is N=C(N)c1cccc(/C=C/CN(c2ccccc2)C(F)(F)F)c1. The summed E-state index contributed by atoms with van der Waals surface area (Å²) < 4.78 is 39.4. The highest BCUT2D eigenvalue weighted by Crippen LogP contribution is 2.28. The average molecular weight is 319 g/mol. The van der Waals surface area contributed by atoms with Crippen molar-refractivity contribution >= 4 is 17.6 Å². The first-order chi connectivity index (χ1) is 10.9. The van der Waals surface area contributed by atoms with E-state index >= 15 is 0 Å². The number of halogens is 3. The number of nitrogens with two attached hydrogens (primary N) is 1. The first kappa shape index (κ1) is 16.6. The number of amidine groups is 1. The van der Waals surface area contributed by atoms with Crippen LogP contribution in [-0.2, 0) is 0 Å². The summed E-state index contributed by atoms with van der Waals surface area (Å²) >= 11 is 0. The number of nitrogens with zero attached hydrogens (tertiary/aromatic N) is 1. The molecule has 0 aliphatic carbocycles. The molecule has 0 aliphatic rings. The number of nitrogens with one attached hydrogen (secondary N) is 1. The lowest BCUT2D eigenvalue weighted by Crippen LogP contribution is -2.38. The molecule has 0 atom stereocenters. The molecular formula is C17H16F3N3. The molecule has 2 aromatic rings. The van der Waals surface area contributed by atoms with Gasteiger partial charge in [-0.25, -0.2) is 0 Å². The van der Waals surface area contributed by atoms with Crippen LogP contribution in [0.1, 0.15) is 11.1 Å². The van der Waals surface area contributed by atoms with Crippen molar-refractivity contribution in [1.29, 1.82) is 5.41 Å². The van der Waals surface area contributed by atoms with E-state index in [4.69, 9.17) is 11.1 Å². The Morgan fingerprint density at radius 1 is 1.09 bits per heavy atom. The molecule has 0 aromatic heterocycles. The summed E-state index contributed by atoms with van der Waals surface area (Å²) in [6, 6.07) is 14.4. The largest absolute Gasteiger partial charge is 0.485 e. The Kier molecular flexibility index (Phi) is 5.05. The van der Waals surface area contributed by atoms with Crippen molar-refractivity contribution < 1.29 is 13.2 Å². The lowest BCUT2D eigenvalue weighted by atomic mass is 10.1. The molecule has 23 heavy (non-hydrogen) atoms. The number of hydrogen-bond acceptors (Lipinski definition) is 2.